The summed E-state index contributed by atoms with van der Waals surface area (Å²) in [4.78, 5) is 25.2. The molecule has 0 radical (unpaired) electrons. The maximum absolute atomic E-state index is 12.8. The van der Waals surface area contributed by atoms with E-state index >= 15 is 0 Å². The molecule has 2 unspecified atom stereocenters. The molecule has 0 bridgehead atoms. The Morgan fingerprint density at radius 1 is 0.470 bits per heavy atom. The summed E-state index contributed by atoms with van der Waals surface area (Å²) in [7, 11) is 1.36. The number of nitrogens with zero attached hydrogens (tertiary/aromatic N) is 1. The highest BCUT2D eigenvalue weighted by Crippen LogP contribution is 2.38. The molecule has 0 saturated heterocycles. The lowest BCUT2D eigenvalue weighted by molar-refractivity contribution is -0.870. The molecule has 0 spiro atoms. The van der Waals surface area contributed by atoms with Crippen molar-refractivity contribution in [3.05, 3.63) is 36.5 Å². The number of esters is 1. The normalized spacial score (nSPS) is 13.7. The van der Waals surface area contributed by atoms with Gasteiger partial charge >= 0.3 is 5.97 Å². The predicted molar refractivity (Wildman–Crippen MR) is 282 cm³/mol. The summed E-state index contributed by atoms with van der Waals surface area (Å²) >= 11 is 0. The van der Waals surface area contributed by atoms with Gasteiger partial charge in [0.05, 0.1) is 34.4 Å². The van der Waals surface area contributed by atoms with E-state index in [0.29, 0.717) is 24.1 Å². The van der Waals surface area contributed by atoms with Crippen LogP contribution in [0.5, 0.6) is 0 Å². The fourth-order valence-electron chi connectivity index (χ4n) is 8.09. The molecule has 2 atom stereocenters. The number of carbonyl (C=O) groups is 1. The number of phosphoric acid groups is 1. The van der Waals surface area contributed by atoms with Gasteiger partial charge in [-0.25, -0.2) is 0 Å². The van der Waals surface area contributed by atoms with Crippen molar-refractivity contribution in [3.63, 3.8) is 0 Å². The Balaban J connectivity index is 4.09. The first kappa shape index (κ1) is 64.7. The van der Waals surface area contributed by atoms with Crippen LogP contribution in [-0.4, -0.2) is 70.7 Å². The van der Waals surface area contributed by atoms with Gasteiger partial charge in [0.2, 0.25) is 0 Å². The van der Waals surface area contributed by atoms with Gasteiger partial charge in [-0.2, -0.15) is 0 Å². The number of quaternary nitrogens is 1. The number of likely N-dealkylation sites (N-methyl/N-ethyl adjacent to an activating group) is 1. The van der Waals surface area contributed by atoms with E-state index in [9.17, 15) is 14.3 Å². The Morgan fingerprint density at radius 3 is 1.24 bits per heavy atom. The minimum Gasteiger partial charge on any atom is -0.756 e. The van der Waals surface area contributed by atoms with Crippen LogP contribution in [0.25, 0.3) is 0 Å². The van der Waals surface area contributed by atoms with Crippen molar-refractivity contribution in [2.45, 2.75) is 270 Å². The molecule has 0 rings (SSSR count). The Labute approximate surface area is 410 Å². The van der Waals surface area contributed by atoms with E-state index in [4.69, 9.17) is 18.5 Å². The highest BCUT2D eigenvalue weighted by atomic mass is 31.2. The van der Waals surface area contributed by atoms with E-state index < -0.39 is 13.9 Å². The molecule has 0 aliphatic rings. The highest BCUT2D eigenvalue weighted by Gasteiger charge is 2.20. The zero-order chi connectivity index (χ0) is 48.3. The third-order valence-electron chi connectivity index (χ3n) is 12.4. The van der Waals surface area contributed by atoms with Crippen LogP contribution in [0.15, 0.2) is 36.5 Å². The van der Waals surface area contributed by atoms with Gasteiger partial charge in [0.25, 0.3) is 7.82 Å². The maximum Gasteiger partial charge on any atom is 0.306 e. The fourth-order valence-corrected chi connectivity index (χ4v) is 8.81. The summed E-state index contributed by atoms with van der Waals surface area (Å²) in [5.74, 6) is -0.341. The van der Waals surface area contributed by atoms with Crippen LogP contribution in [0.1, 0.15) is 264 Å². The molecule has 0 heterocycles. The molecule has 66 heavy (non-hydrogen) atoms. The molecule has 0 N–H and O–H groups in total. The van der Waals surface area contributed by atoms with Gasteiger partial charge in [-0.1, -0.05) is 243 Å². The summed E-state index contributed by atoms with van der Waals surface area (Å²) in [6.07, 6.45) is 61.8. The van der Waals surface area contributed by atoms with Crippen molar-refractivity contribution in [1.82, 2.24) is 0 Å². The average Bonchev–Trinajstić information content (AvgIpc) is 3.28. The number of allylic oxidation sites excluding steroid dienone is 6. The van der Waals surface area contributed by atoms with Crippen molar-refractivity contribution in [2.75, 3.05) is 54.1 Å². The van der Waals surface area contributed by atoms with Gasteiger partial charge in [0.1, 0.15) is 19.3 Å². The molecule has 0 aromatic heterocycles. The lowest BCUT2D eigenvalue weighted by atomic mass is 10.0. The van der Waals surface area contributed by atoms with E-state index in [1.165, 1.54) is 186 Å². The number of carbonyl (C=O) groups excluding carboxylic acids is 1. The van der Waals surface area contributed by atoms with Crippen LogP contribution in [0.2, 0.25) is 0 Å². The third kappa shape index (κ3) is 53.7. The molecule has 8 nitrogen and oxygen atoms in total. The minimum absolute atomic E-state index is 0.0245. The number of unbranched alkanes of at least 4 members (excludes halogenated alkanes) is 33. The molecule has 0 amide bonds. The standard InChI is InChI=1S/C57H110NO7P/c1-6-8-10-12-14-16-18-20-22-24-26-28-29-31-33-35-37-39-41-43-45-47-49-52-62-54-56(55-64-66(60,61)63-53-51-58(3,4)5)65-57(59)50-48-46-44-42-40-38-36-34-32-30-27-25-23-21-19-17-15-13-11-9-7-2/h19,21,25,27,32,34,56H,6-18,20,22-24,26,28-31,33,35-55H2,1-5H3/b21-19-,27-25-,34-32-. The van der Waals surface area contributed by atoms with Gasteiger partial charge in [-0.05, 0) is 51.4 Å². The smallest absolute Gasteiger partial charge is 0.306 e. The van der Waals surface area contributed by atoms with Gasteiger partial charge < -0.3 is 27.9 Å². The molecule has 0 aromatic carbocycles. The summed E-state index contributed by atoms with van der Waals surface area (Å²) in [6, 6.07) is 0. The van der Waals surface area contributed by atoms with Gasteiger partial charge in [-0.3, -0.25) is 9.36 Å². The molecule has 0 aromatic rings. The molecular weight excluding hydrogens is 842 g/mol. The molecule has 0 aliphatic heterocycles. The summed E-state index contributed by atoms with van der Waals surface area (Å²) < 4.78 is 34.8. The summed E-state index contributed by atoms with van der Waals surface area (Å²) in [5.41, 5.74) is 0. The Bertz CT molecular complexity index is 1150. The van der Waals surface area contributed by atoms with Crippen LogP contribution >= 0.6 is 7.82 Å². The zero-order valence-electron chi connectivity index (χ0n) is 44.4. The third-order valence-corrected chi connectivity index (χ3v) is 13.4. The van der Waals surface area contributed by atoms with Crippen molar-refractivity contribution in [3.8, 4) is 0 Å². The van der Waals surface area contributed by atoms with Crippen LogP contribution in [0.3, 0.4) is 0 Å². The molecular formula is C57H110NO7P. The lowest BCUT2D eigenvalue weighted by Gasteiger charge is -2.28. The quantitative estimate of drug-likeness (QED) is 0.0197. The van der Waals surface area contributed by atoms with E-state index in [0.717, 1.165) is 57.8 Å². The second-order valence-electron chi connectivity index (χ2n) is 20.3. The van der Waals surface area contributed by atoms with E-state index in [1.807, 2.05) is 21.1 Å². The number of hydrogen-bond donors (Lipinski definition) is 0. The fraction of sp³-hybridized carbons (Fsp3) is 0.877. The van der Waals surface area contributed by atoms with E-state index in [1.54, 1.807) is 0 Å². The second kappa shape index (κ2) is 50.1. The molecule has 0 saturated carbocycles. The minimum atomic E-state index is -4.54. The maximum atomic E-state index is 12.8. The van der Waals surface area contributed by atoms with Gasteiger partial charge in [0.15, 0.2) is 0 Å². The number of rotatable bonds is 53. The topological polar surface area (TPSA) is 94.1 Å². The predicted octanol–water partition coefficient (Wildman–Crippen LogP) is 17.0. The molecule has 0 aliphatic carbocycles. The Kier molecular flexibility index (Phi) is 49.1. The second-order valence-corrected chi connectivity index (χ2v) is 21.7. The molecule has 0 fully saturated rings. The SMILES string of the molecule is CCCCCCC/C=C\C/C=C\C/C=C\CCCCCCCCC(=O)OC(COCCCCCCCCCCCCCCCCCCCCCCCCC)COP(=O)([O-])OCC[N+](C)(C)C. The number of phosphoric ester groups is 1. The van der Waals surface area contributed by atoms with Crippen molar-refractivity contribution < 1.29 is 37.3 Å². The molecule has 390 valence electrons. The first-order valence-electron chi connectivity index (χ1n) is 28.2. The van der Waals surface area contributed by atoms with E-state index in [-0.39, 0.29) is 25.8 Å². The van der Waals surface area contributed by atoms with Crippen molar-refractivity contribution in [1.29, 1.82) is 0 Å². The first-order valence-corrected chi connectivity index (χ1v) is 29.7. The first-order chi connectivity index (χ1) is 32.1. The van der Waals surface area contributed by atoms with Gasteiger partial charge in [0, 0.05) is 13.0 Å². The van der Waals surface area contributed by atoms with Crippen LogP contribution in [-0.2, 0) is 27.9 Å². The van der Waals surface area contributed by atoms with Crippen LogP contribution in [0, 0.1) is 0 Å². The van der Waals surface area contributed by atoms with Crippen LogP contribution < -0.4 is 4.89 Å². The molecule has 9 heteroatoms. The monoisotopic (exact) mass is 952 g/mol. The van der Waals surface area contributed by atoms with Gasteiger partial charge in [-0.15, -0.1) is 0 Å². The van der Waals surface area contributed by atoms with Crippen LogP contribution in [0.4, 0.5) is 0 Å². The Hall–Kier alpha value is -1.28. The van der Waals surface area contributed by atoms with E-state index in [2.05, 4.69) is 50.3 Å². The lowest BCUT2D eigenvalue weighted by Crippen LogP contribution is -2.37. The van der Waals surface area contributed by atoms with Crippen molar-refractivity contribution in [2.24, 2.45) is 0 Å². The highest BCUT2D eigenvalue weighted by molar-refractivity contribution is 7.45. The average molecular weight is 952 g/mol. The Morgan fingerprint density at radius 2 is 0.833 bits per heavy atom. The number of ether oxygens (including phenoxy) is 2. The summed E-state index contributed by atoms with van der Waals surface area (Å²) in [5, 5.41) is 0. The summed E-state index contributed by atoms with van der Waals surface area (Å²) in [6.45, 7) is 5.44. The zero-order valence-corrected chi connectivity index (χ0v) is 45.3. The number of hydrogen-bond acceptors (Lipinski definition) is 7. The van der Waals surface area contributed by atoms with Crippen molar-refractivity contribution >= 4 is 13.8 Å². The largest absolute Gasteiger partial charge is 0.756 e.